The van der Waals surface area contributed by atoms with Gasteiger partial charge in [0.15, 0.2) is 0 Å². The Labute approximate surface area is 111 Å². The number of carbonyl (C=O) groups is 1. The van der Waals surface area contributed by atoms with Gasteiger partial charge in [0.05, 0.1) is 10.4 Å². The molecule has 1 rings (SSSR count). The fourth-order valence-electron chi connectivity index (χ4n) is 1.41. The number of thiophene rings is 1. The molecule has 1 aromatic heterocycles. The minimum absolute atomic E-state index is 0.107. The Morgan fingerprint density at radius 3 is 2.82 bits per heavy atom. The van der Waals surface area contributed by atoms with Crippen LogP contribution in [-0.2, 0) is 11.2 Å². The van der Waals surface area contributed by atoms with E-state index in [0.717, 1.165) is 15.6 Å². The summed E-state index contributed by atoms with van der Waals surface area (Å²) >= 11 is 7.33. The molecule has 96 valence electrons. The predicted molar refractivity (Wildman–Crippen MR) is 71.6 cm³/mol. The molecule has 0 radical (unpaired) electrons. The van der Waals surface area contributed by atoms with Crippen molar-refractivity contribution in [2.75, 3.05) is 13.6 Å². The van der Waals surface area contributed by atoms with Crippen LogP contribution < -0.4 is 0 Å². The van der Waals surface area contributed by atoms with E-state index in [9.17, 15) is 4.79 Å². The zero-order valence-electron chi connectivity index (χ0n) is 10.1. The van der Waals surface area contributed by atoms with E-state index in [1.807, 2.05) is 12.1 Å². The maximum absolute atomic E-state index is 11.8. The highest BCUT2D eigenvalue weighted by atomic mass is 35.5. The molecule has 5 heteroatoms. The molecule has 0 aliphatic carbocycles. The van der Waals surface area contributed by atoms with Crippen LogP contribution in [0, 0.1) is 0 Å². The number of aliphatic hydroxyl groups is 1. The average molecular weight is 276 g/mol. The van der Waals surface area contributed by atoms with E-state index in [1.165, 1.54) is 11.3 Å². The number of rotatable bonds is 6. The van der Waals surface area contributed by atoms with Gasteiger partial charge in [0.25, 0.3) is 0 Å². The summed E-state index contributed by atoms with van der Waals surface area (Å²) in [6, 6.07) is 3.80. The first kappa shape index (κ1) is 14.5. The van der Waals surface area contributed by atoms with E-state index in [0.29, 0.717) is 19.4 Å². The van der Waals surface area contributed by atoms with Crippen molar-refractivity contribution < 1.29 is 9.90 Å². The molecule has 1 aromatic rings. The Morgan fingerprint density at radius 2 is 2.29 bits per heavy atom. The molecule has 1 amide bonds. The maximum atomic E-state index is 11.8. The van der Waals surface area contributed by atoms with Crippen molar-refractivity contribution in [2.45, 2.75) is 32.3 Å². The van der Waals surface area contributed by atoms with Gasteiger partial charge in [-0.1, -0.05) is 11.6 Å². The minimum atomic E-state index is -0.360. The SMILES string of the molecule is CC(O)CCN(C)C(=O)CCc1ccc(Cl)s1. The molecule has 0 aromatic carbocycles. The maximum Gasteiger partial charge on any atom is 0.222 e. The molecule has 1 unspecified atom stereocenters. The third-order valence-corrected chi connectivity index (χ3v) is 3.81. The van der Waals surface area contributed by atoms with Gasteiger partial charge in [-0.15, -0.1) is 11.3 Å². The van der Waals surface area contributed by atoms with Crippen molar-refractivity contribution >= 4 is 28.8 Å². The normalized spacial score (nSPS) is 12.5. The second-order valence-electron chi connectivity index (χ2n) is 4.16. The van der Waals surface area contributed by atoms with E-state index in [-0.39, 0.29) is 12.0 Å². The van der Waals surface area contributed by atoms with Gasteiger partial charge in [-0.3, -0.25) is 4.79 Å². The van der Waals surface area contributed by atoms with Crippen LogP contribution in [0.15, 0.2) is 12.1 Å². The quantitative estimate of drug-likeness (QED) is 0.867. The van der Waals surface area contributed by atoms with Crippen molar-refractivity contribution in [1.82, 2.24) is 4.90 Å². The first-order valence-corrected chi connectivity index (χ1v) is 6.84. The summed E-state index contributed by atoms with van der Waals surface area (Å²) in [6.07, 6.45) is 1.48. The minimum Gasteiger partial charge on any atom is -0.393 e. The van der Waals surface area contributed by atoms with Gasteiger partial charge in [0.2, 0.25) is 5.91 Å². The molecule has 0 saturated heterocycles. The van der Waals surface area contributed by atoms with E-state index in [2.05, 4.69) is 0 Å². The van der Waals surface area contributed by atoms with Crippen molar-refractivity contribution in [3.05, 3.63) is 21.3 Å². The third kappa shape index (κ3) is 5.52. The highest BCUT2D eigenvalue weighted by Gasteiger charge is 2.10. The molecular weight excluding hydrogens is 258 g/mol. The summed E-state index contributed by atoms with van der Waals surface area (Å²) in [5, 5.41) is 9.14. The second-order valence-corrected chi connectivity index (χ2v) is 5.96. The summed E-state index contributed by atoms with van der Waals surface area (Å²) in [5.74, 6) is 0.107. The Balaban J connectivity index is 2.29. The molecule has 0 fully saturated rings. The molecular formula is C12H18ClNO2S. The van der Waals surface area contributed by atoms with Crippen molar-refractivity contribution in [3.63, 3.8) is 0 Å². The third-order valence-electron chi connectivity index (χ3n) is 2.52. The van der Waals surface area contributed by atoms with Crippen LogP contribution in [0.1, 0.15) is 24.6 Å². The van der Waals surface area contributed by atoms with Crippen LogP contribution in [0.4, 0.5) is 0 Å². The lowest BCUT2D eigenvalue weighted by molar-refractivity contribution is -0.130. The predicted octanol–water partition coefficient (Wildman–Crippen LogP) is 2.56. The van der Waals surface area contributed by atoms with E-state index >= 15 is 0 Å². The lowest BCUT2D eigenvalue weighted by Crippen LogP contribution is -2.29. The van der Waals surface area contributed by atoms with Gasteiger partial charge < -0.3 is 10.0 Å². The molecule has 1 heterocycles. The van der Waals surface area contributed by atoms with Gasteiger partial charge in [-0.2, -0.15) is 0 Å². The Kier molecular flexibility index (Phi) is 5.95. The van der Waals surface area contributed by atoms with Gasteiger partial charge in [-0.05, 0) is 31.9 Å². The first-order chi connectivity index (χ1) is 7.99. The molecule has 3 nitrogen and oxygen atoms in total. The number of halogens is 1. The molecule has 0 saturated carbocycles. The number of aryl methyl sites for hydroxylation is 1. The molecule has 1 atom stereocenters. The summed E-state index contributed by atoms with van der Waals surface area (Å²) in [6.45, 7) is 2.33. The standard InChI is InChI=1S/C12H18ClNO2S/c1-9(15)7-8-14(2)12(16)6-4-10-3-5-11(13)17-10/h3,5,9,15H,4,6-8H2,1-2H3. The zero-order chi connectivity index (χ0) is 12.8. The summed E-state index contributed by atoms with van der Waals surface area (Å²) in [7, 11) is 1.77. The number of aliphatic hydroxyl groups excluding tert-OH is 1. The Morgan fingerprint density at radius 1 is 1.59 bits per heavy atom. The van der Waals surface area contributed by atoms with Gasteiger partial charge in [0, 0.05) is 24.9 Å². The van der Waals surface area contributed by atoms with Crippen LogP contribution in [0.5, 0.6) is 0 Å². The van der Waals surface area contributed by atoms with Crippen molar-refractivity contribution in [2.24, 2.45) is 0 Å². The van der Waals surface area contributed by atoms with Crippen LogP contribution in [0.25, 0.3) is 0 Å². The number of nitrogens with zero attached hydrogens (tertiary/aromatic N) is 1. The van der Waals surface area contributed by atoms with Crippen LogP contribution >= 0.6 is 22.9 Å². The summed E-state index contributed by atoms with van der Waals surface area (Å²) in [4.78, 5) is 14.6. The summed E-state index contributed by atoms with van der Waals surface area (Å²) in [5.41, 5.74) is 0. The molecule has 1 N–H and O–H groups in total. The topological polar surface area (TPSA) is 40.5 Å². The number of hydrogen-bond donors (Lipinski definition) is 1. The first-order valence-electron chi connectivity index (χ1n) is 5.65. The highest BCUT2D eigenvalue weighted by Crippen LogP contribution is 2.22. The van der Waals surface area contributed by atoms with Crippen molar-refractivity contribution in [1.29, 1.82) is 0 Å². The molecule has 0 spiro atoms. The van der Waals surface area contributed by atoms with Gasteiger partial charge in [-0.25, -0.2) is 0 Å². The molecule has 0 aliphatic heterocycles. The molecule has 17 heavy (non-hydrogen) atoms. The lowest BCUT2D eigenvalue weighted by atomic mass is 10.2. The number of carbonyl (C=O) groups excluding carboxylic acids is 1. The molecule has 0 bridgehead atoms. The highest BCUT2D eigenvalue weighted by molar-refractivity contribution is 7.16. The fraction of sp³-hybridized carbons (Fsp3) is 0.583. The average Bonchev–Trinajstić information content (AvgIpc) is 2.68. The largest absolute Gasteiger partial charge is 0.393 e. The monoisotopic (exact) mass is 275 g/mol. The Bertz CT molecular complexity index is 365. The van der Waals surface area contributed by atoms with E-state index < -0.39 is 0 Å². The fourth-order valence-corrected chi connectivity index (χ4v) is 2.50. The van der Waals surface area contributed by atoms with Gasteiger partial charge >= 0.3 is 0 Å². The molecule has 0 aliphatic rings. The smallest absolute Gasteiger partial charge is 0.222 e. The van der Waals surface area contributed by atoms with Crippen LogP contribution in [0.3, 0.4) is 0 Å². The number of hydrogen-bond acceptors (Lipinski definition) is 3. The van der Waals surface area contributed by atoms with Crippen LogP contribution in [-0.4, -0.2) is 35.6 Å². The summed E-state index contributed by atoms with van der Waals surface area (Å²) < 4.78 is 0.759. The second kappa shape index (κ2) is 6.99. The van der Waals surface area contributed by atoms with Gasteiger partial charge in [0.1, 0.15) is 0 Å². The van der Waals surface area contributed by atoms with E-state index in [1.54, 1.807) is 18.9 Å². The van der Waals surface area contributed by atoms with Crippen molar-refractivity contribution in [3.8, 4) is 0 Å². The van der Waals surface area contributed by atoms with E-state index in [4.69, 9.17) is 16.7 Å². The number of amides is 1. The Hall–Kier alpha value is -0.580. The van der Waals surface area contributed by atoms with Crippen LogP contribution in [0.2, 0.25) is 4.34 Å². The lowest BCUT2D eigenvalue weighted by Gasteiger charge is -2.17. The zero-order valence-corrected chi connectivity index (χ0v) is 11.7.